The van der Waals surface area contributed by atoms with Crippen LogP contribution in [0, 0.1) is 13.8 Å². The average Bonchev–Trinajstić information content (AvgIpc) is 3.73. The topological polar surface area (TPSA) is 163 Å². The summed E-state index contributed by atoms with van der Waals surface area (Å²) in [5.74, 6) is -1.63. The number of thiocarbonyl (C=S) groups is 2. The van der Waals surface area contributed by atoms with Gasteiger partial charge in [0.15, 0.2) is 0 Å². The third kappa shape index (κ3) is 7.13. The molecule has 1 unspecified atom stereocenters. The number of aryl methyl sites for hydroxylation is 4. The molecule has 5 rings (SSSR count). The first-order valence-electron chi connectivity index (χ1n) is 16.7. The van der Waals surface area contributed by atoms with E-state index in [1.807, 2.05) is 45.9 Å². The smallest absolute Gasteiger partial charge is 0.306 e. The fourth-order valence-electron chi connectivity index (χ4n) is 6.79. The number of nitrogens with zero attached hydrogens (tertiary/aromatic N) is 2. The van der Waals surface area contributed by atoms with Crippen LogP contribution in [0.3, 0.4) is 0 Å². The van der Waals surface area contributed by atoms with Gasteiger partial charge >= 0.3 is 23.9 Å². The highest BCUT2D eigenvalue weighted by Crippen LogP contribution is 2.40. The Morgan fingerprint density at radius 3 is 1.40 bits per heavy atom. The molecule has 5 heterocycles. The number of ether oxygens (including phenoxy) is 4. The van der Waals surface area contributed by atoms with Gasteiger partial charge < -0.3 is 28.9 Å². The standard InChI is InChI=1S/C38H42N4O8S2/c1-19-21(9-11-31(43)47-5)25-14-26-22(10-12-32(44)48-6)20(2)24(40-26)15-29-37(3,17-33(45)49-7)36(52)28(42-29)16-30-38(4,18-34(46)50-8)35(51)27(41-30)13-23(19)39-25/h13-16,39-40H,9-12,17-18H2,1-8H3/t37?,38-/m1/s1. The summed E-state index contributed by atoms with van der Waals surface area (Å²) in [6.07, 6.45) is 0.891. The van der Waals surface area contributed by atoms with Crippen molar-refractivity contribution in [2.45, 2.75) is 77.0 Å². The first-order valence-corrected chi connectivity index (χ1v) is 17.5. The minimum Gasteiger partial charge on any atom is -0.469 e. The highest BCUT2D eigenvalue weighted by atomic mass is 32.1. The molecular weight excluding hydrogens is 705 g/mol. The normalized spacial score (nSPS) is 18.2. The number of carbonyl (C=O) groups excluding carboxylic acids is 4. The van der Waals surface area contributed by atoms with Gasteiger partial charge in [-0.1, -0.05) is 24.4 Å². The van der Waals surface area contributed by atoms with Crippen molar-refractivity contribution in [3.05, 3.63) is 69.3 Å². The summed E-state index contributed by atoms with van der Waals surface area (Å²) in [5, 5.41) is 0. The number of aromatic nitrogens is 4. The van der Waals surface area contributed by atoms with E-state index in [0.717, 1.165) is 33.3 Å². The van der Waals surface area contributed by atoms with E-state index in [4.69, 9.17) is 53.4 Å². The second-order valence-electron chi connectivity index (χ2n) is 13.4. The van der Waals surface area contributed by atoms with Gasteiger partial charge in [-0.05, 0) is 87.1 Å². The monoisotopic (exact) mass is 746 g/mol. The highest BCUT2D eigenvalue weighted by molar-refractivity contribution is 7.81. The number of aromatic amines is 2. The Kier molecular flexibility index (Phi) is 11.1. The molecule has 0 fully saturated rings. The Morgan fingerprint density at radius 1 is 0.596 bits per heavy atom. The van der Waals surface area contributed by atoms with E-state index in [-0.39, 0.29) is 37.6 Å². The van der Waals surface area contributed by atoms with Crippen molar-refractivity contribution in [3.8, 4) is 0 Å². The molecule has 0 aromatic carbocycles. The Morgan fingerprint density at radius 2 is 0.981 bits per heavy atom. The van der Waals surface area contributed by atoms with Gasteiger partial charge in [0.25, 0.3) is 0 Å². The molecule has 0 radical (unpaired) electrons. The van der Waals surface area contributed by atoms with E-state index in [1.165, 1.54) is 28.4 Å². The zero-order valence-corrected chi connectivity index (χ0v) is 32.2. The fourth-order valence-corrected chi connectivity index (χ4v) is 7.35. The summed E-state index contributed by atoms with van der Waals surface area (Å²) < 4.78 is 20.0. The second kappa shape index (κ2) is 15.0. The zero-order chi connectivity index (χ0) is 38.1. The minimum atomic E-state index is -1.05. The number of carbonyl (C=O) groups is 4. The molecule has 2 atom stereocenters. The van der Waals surface area contributed by atoms with Gasteiger partial charge in [0.1, 0.15) is 0 Å². The van der Waals surface area contributed by atoms with Crippen molar-refractivity contribution in [3.63, 3.8) is 0 Å². The van der Waals surface area contributed by atoms with E-state index >= 15 is 0 Å². The lowest BCUT2D eigenvalue weighted by Crippen LogP contribution is -2.32. The van der Waals surface area contributed by atoms with Crippen molar-refractivity contribution in [2.24, 2.45) is 0 Å². The van der Waals surface area contributed by atoms with Gasteiger partial charge in [0.05, 0.1) is 84.6 Å². The molecule has 0 spiro atoms. The maximum atomic E-state index is 12.8. The van der Waals surface area contributed by atoms with Gasteiger partial charge in [0.2, 0.25) is 0 Å². The van der Waals surface area contributed by atoms with Crippen molar-refractivity contribution >= 4 is 80.1 Å². The highest BCUT2D eigenvalue weighted by Gasteiger charge is 2.44. The Labute approximate surface area is 312 Å². The molecule has 0 saturated heterocycles. The molecule has 14 heteroatoms. The molecule has 8 bridgehead atoms. The number of H-pyrrole nitrogens is 2. The second-order valence-corrected chi connectivity index (χ2v) is 14.3. The molecule has 2 aliphatic heterocycles. The molecule has 0 aliphatic carbocycles. The van der Waals surface area contributed by atoms with Gasteiger partial charge in [-0.3, -0.25) is 29.1 Å². The van der Waals surface area contributed by atoms with Crippen LogP contribution < -0.4 is 0 Å². The van der Waals surface area contributed by atoms with E-state index in [1.54, 1.807) is 6.07 Å². The molecule has 2 N–H and O–H groups in total. The van der Waals surface area contributed by atoms with Crippen molar-refractivity contribution in [2.75, 3.05) is 28.4 Å². The molecule has 3 aromatic rings. The SMILES string of the molecule is COC(=O)CCc1c(C)c2cc3nc(cc4nc(cc5[nH]c(cc1[nH]2)c(CCC(=O)OC)c5C)C(C)(CC(=O)OC)C4=S)[C@@](C)(CC(=O)OC)C3=S. The van der Waals surface area contributed by atoms with Crippen LogP contribution in [0.25, 0.3) is 22.1 Å². The Bertz CT molecular complexity index is 2190. The predicted octanol–water partition coefficient (Wildman–Crippen LogP) is 5.62. The average molecular weight is 747 g/mol. The number of nitrogens with one attached hydrogen (secondary N) is 2. The first-order chi connectivity index (χ1) is 24.6. The lowest BCUT2D eigenvalue weighted by molar-refractivity contribution is -0.142. The number of fused-ring (bicyclic) bond motifs is 8. The fraction of sp³-hybridized carbons (Fsp3) is 0.421. The molecule has 12 nitrogen and oxygen atoms in total. The van der Waals surface area contributed by atoms with E-state index in [0.29, 0.717) is 56.4 Å². The van der Waals surface area contributed by atoms with Crippen LogP contribution in [0.4, 0.5) is 0 Å². The number of methoxy groups -OCH3 is 4. The summed E-state index contributed by atoms with van der Waals surface area (Å²) in [6.45, 7) is 7.58. The largest absolute Gasteiger partial charge is 0.469 e. The van der Waals surface area contributed by atoms with E-state index in [2.05, 4.69) is 9.97 Å². The lowest BCUT2D eigenvalue weighted by atomic mass is 9.79. The quantitative estimate of drug-likeness (QED) is 0.150. The van der Waals surface area contributed by atoms with Gasteiger partial charge in [-0.15, -0.1) is 0 Å². The van der Waals surface area contributed by atoms with E-state index in [9.17, 15) is 19.2 Å². The van der Waals surface area contributed by atoms with Crippen LogP contribution in [-0.4, -0.2) is 82.0 Å². The third-order valence-corrected chi connectivity index (χ3v) is 11.5. The maximum Gasteiger partial charge on any atom is 0.306 e. The van der Waals surface area contributed by atoms with Crippen LogP contribution in [0.2, 0.25) is 0 Å². The maximum absolute atomic E-state index is 12.8. The lowest BCUT2D eigenvalue weighted by Gasteiger charge is -2.24. The Hall–Kier alpha value is -4.82. The van der Waals surface area contributed by atoms with Gasteiger partial charge in [-0.25, -0.2) is 0 Å². The molecule has 3 aromatic heterocycles. The summed E-state index contributed by atoms with van der Waals surface area (Å²) in [4.78, 5) is 68.0. The third-order valence-electron chi connectivity index (χ3n) is 10.2. The molecule has 52 heavy (non-hydrogen) atoms. The summed E-state index contributed by atoms with van der Waals surface area (Å²) >= 11 is 12.1. The molecule has 0 amide bonds. The van der Waals surface area contributed by atoms with Crippen molar-refractivity contribution in [1.82, 2.24) is 19.9 Å². The first kappa shape index (κ1) is 38.4. The van der Waals surface area contributed by atoms with E-state index < -0.39 is 22.8 Å². The number of esters is 4. The van der Waals surface area contributed by atoms with Crippen LogP contribution in [-0.2, 0) is 61.8 Å². The van der Waals surface area contributed by atoms with Crippen molar-refractivity contribution in [1.29, 1.82) is 0 Å². The Balaban J connectivity index is 1.94. The van der Waals surface area contributed by atoms with Gasteiger partial charge in [-0.2, -0.15) is 0 Å². The summed E-state index contributed by atoms with van der Waals surface area (Å²) in [6, 6.07) is 7.38. The van der Waals surface area contributed by atoms with Crippen LogP contribution >= 0.6 is 24.4 Å². The van der Waals surface area contributed by atoms with Crippen molar-refractivity contribution < 1.29 is 38.1 Å². The van der Waals surface area contributed by atoms with Crippen LogP contribution in [0.15, 0.2) is 24.3 Å². The summed E-state index contributed by atoms with van der Waals surface area (Å²) in [5.41, 5.74) is 6.14. The number of rotatable bonds is 10. The van der Waals surface area contributed by atoms with Crippen LogP contribution in [0.5, 0.6) is 0 Å². The number of hydrogen-bond acceptors (Lipinski definition) is 12. The van der Waals surface area contributed by atoms with Gasteiger partial charge in [0, 0.05) is 34.9 Å². The van der Waals surface area contributed by atoms with Crippen LogP contribution in [0.1, 0.15) is 84.6 Å². The minimum absolute atomic E-state index is 0.0772. The molecule has 0 saturated carbocycles. The molecular formula is C38H42N4O8S2. The number of hydrogen-bond donors (Lipinski definition) is 2. The molecule has 274 valence electrons. The predicted molar refractivity (Wildman–Crippen MR) is 203 cm³/mol. The molecule has 2 aliphatic rings. The summed E-state index contributed by atoms with van der Waals surface area (Å²) in [7, 11) is 5.34. The zero-order valence-electron chi connectivity index (χ0n) is 30.5.